The first-order chi connectivity index (χ1) is 20.5. The number of aliphatic hydroxyl groups is 1. The zero-order chi connectivity index (χ0) is 30.9. The summed E-state index contributed by atoms with van der Waals surface area (Å²) in [7, 11) is 1.44. The van der Waals surface area contributed by atoms with Crippen LogP contribution in [0.2, 0.25) is 0 Å². The van der Waals surface area contributed by atoms with Gasteiger partial charge >= 0.3 is 0 Å². The van der Waals surface area contributed by atoms with E-state index in [4.69, 9.17) is 14.2 Å². The lowest BCUT2D eigenvalue weighted by atomic mass is 10.0. The normalized spacial score (nSPS) is 20.1. The summed E-state index contributed by atoms with van der Waals surface area (Å²) in [5, 5.41) is 9.95. The van der Waals surface area contributed by atoms with Crippen molar-refractivity contribution in [1.29, 1.82) is 0 Å². The topological polar surface area (TPSA) is 109 Å². The molecule has 1 N–H and O–H groups in total. The van der Waals surface area contributed by atoms with Crippen LogP contribution < -0.4 is 14.2 Å². The smallest absolute Gasteiger partial charge is 0.253 e. The van der Waals surface area contributed by atoms with Crippen molar-refractivity contribution in [3.05, 3.63) is 71.8 Å². The molecule has 1 amide bonds. The molecule has 5 rings (SSSR count). The van der Waals surface area contributed by atoms with Crippen LogP contribution in [-0.2, 0) is 16.6 Å². The van der Waals surface area contributed by atoms with Crippen molar-refractivity contribution < 1.29 is 32.5 Å². The first-order valence-electron chi connectivity index (χ1n) is 14.3. The average molecular weight is 610 g/mol. The van der Waals surface area contributed by atoms with Gasteiger partial charge in [0.25, 0.3) is 5.91 Å². The molecule has 43 heavy (non-hydrogen) atoms. The summed E-state index contributed by atoms with van der Waals surface area (Å²) in [6, 6.07) is 17.5. The number of nitrogens with zero attached hydrogens (tertiary/aromatic N) is 3. The fourth-order valence-corrected chi connectivity index (χ4v) is 7.24. The molecule has 2 aliphatic rings. The largest absolute Gasteiger partial charge is 0.487 e. The third-order valence-corrected chi connectivity index (χ3v) is 9.94. The predicted molar refractivity (Wildman–Crippen MR) is 163 cm³/mol. The summed E-state index contributed by atoms with van der Waals surface area (Å²) in [6.45, 7) is 4.96. The maximum atomic E-state index is 13.9. The fourth-order valence-electron chi connectivity index (χ4n) is 5.41. The molecular formula is C32H39N3O7S. The molecule has 0 aliphatic carbocycles. The molecule has 0 unspecified atom stereocenters. The highest BCUT2D eigenvalue weighted by Crippen LogP contribution is 2.37. The molecule has 0 saturated carbocycles. The van der Waals surface area contributed by atoms with Crippen molar-refractivity contribution in [3.8, 4) is 28.4 Å². The van der Waals surface area contributed by atoms with E-state index in [-0.39, 0.29) is 48.5 Å². The average Bonchev–Trinajstić information content (AvgIpc) is 3.46. The number of ether oxygens (including phenoxy) is 3. The molecule has 11 heteroatoms. The minimum absolute atomic E-state index is 0.0614. The van der Waals surface area contributed by atoms with Gasteiger partial charge in [-0.1, -0.05) is 31.2 Å². The zero-order valence-corrected chi connectivity index (χ0v) is 26.0. The molecule has 10 nitrogen and oxygen atoms in total. The van der Waals surface area contributed by atoms with E-state index in [0.29, 0.717) is 18.7 Å². The summed E-state index contributed by atoms with van der Waals surface area (Å²) >= 11 is 0. The van der Waals surface area contributed by atoms with Crippen LogP contribution in [0.25, 0.3) is 11.1 Å². The van der Waals surface area contributed by atoms with E-state index in [9.17, 15) is 18.3 Å². The van der Waals surface area contributed by atoms with E-state index in [0.717, 1.165) is 28.2 Å². The molecule has 0 spiro atoms. The van der Waals surface area contributed by atoms with Crippen LogP contribution in [0.4, 0.5) is 0 Å². The Morgan fingerprint density at radius 2 is 1.67 bits per heavy atom. The van der Waals surface area contributed by atoms with Crippen molar-refractivity contribution in [2.45, 2.75) is 37.4 Å². The van der Waals surface area contributed by atoms with Crippen molar-refractivity contribution in [2.75, 3.05) is 47.6 Å². The Hall–Kier alpha value is -3.64. The minimum Gasteiger partial charge on any atom is -0.487 e. The molecule has 0 saturated heterocycles. The number of aliphatic hydroxyl groups excluding tert-OH is 1. The number of fused-ring (bicyclic) bond motifs is 2. The summed E-state index contributed by atoms with van der Waals surface area (Å²) in [5.74, 6) is 1.43. The highest BCUT2D eigenvalue weighted by Gasteiger charge is 2.38. The minimum atomic E-state index is -3.96. The number of hydrogen-bond donors (Lipinski definition) is 1. The van der Waals surface area contributed by atoms with Crippen LogP contribution in [-0.4, -0.2) is 93.3 Å². The zero-order valence-electron chi connectivity index (χ0n) is 25.2. The second-order valence-electron chi connectivity index (χ2n) is 11.6. The van der Waals surface area contributed by atoms with Gasteiger partial charge in [0.2, 0.25) is 16.8 Å². The number of likely N-dealkylation sites (N-methyl/N-ethyl adjacent to an activating group) is 1. The molecule has 3 atom stereocenters. The lowest BCUT2D eigenvalue weighted by Crippen LogP contribution is -2.49. The Morgan fingerprint density at radius 1 is 0.977 bits per heavy atom. The van der Waals surface area contributed by atoms with Crippen molar-refractivity contribution in [2.24, 2.45) is 5.92 Å². The SMILES string of the molecule is C[C@@H]1CN([C@H](C)CO)S(=O)(=O)c2ccc(-c3ccc(C(=O)N(C)C)cc3)cc2O[C@@H]1CN(C)Cc1ccc2c(c1)OCO2. The Labute approximate surface area is 253 Å². The molecule has 0 radical (unpaired) electrons. The van der Waals surface area contributed by atoms with Gasteiger partial charge in [-0.25, -0.2) is 8.42 Å². The van der Waals surface area contributed by atoms with Gasteiger partial charge in [0.05, 0.1) is 6.61 Å². The van der Waals surface area contributed by atoms with Crippen LogP contribution >= 0.6 is 0 Å². The second-order valence-corrected chi connectivity index (χ2v) is 13.4. The standard InChI is InChI=1S/C32H39N3O7S/c1-21-16-35(22(2)19-36)43(38,39)31-13-11-26(24-7-9-25(10-8-24)32(37)33(3)4)15-29(31)42-30(21)18-34(5)17-23-6-12-27-28(14-23)41-20-40-27/h6-15,21-22,30,36H,16-20H2,1-5H3/t21-,22-,30-/m1/s1. The van der Waals surface area contributed by atoms with Crippen molar-refractivity contribution in [1.82, 2.24) is 14.1 Å². The van der Waals surface area contributed by atoms with Crippen LogP contribution in [0.5, 0.6) is 17.2 Å². The molecule has 2 aliphatic heterocycles. The molecule has 3 aromatic carbocycles. The monoisotopic (exact) mass is 609 g/mol. The number of amides is 1. The molecule has 3 aromatic rings. The number of carbonyl (C=O) groups is 1. The highest BCUT2D eigenvalue weighted by molar-refractivity contribution is 7.89. The fraction of sp³-hybridized carbons (Fsp3) is 0.406. The molecular weight excluding hydrogens is 570 g/mol. The Kier molecular flexibility index (Phi) is 8.98. The molecule has 230 valence electrons. The van der Waals surface area contributed by atoms with E-state index in [2.05, 4.69) is 4.90 Å². The number of rotatable bonds is 8. The highest BCUT2D eigenvalue weighted by atomic mass is 32.2. The Balaban J connectivity index is 1.46. The lowest BCUT2D eigenvalue weighted by Gasteiger charge is -2.37. The van der Waals surface area contributed by atoms with Gasteiger partial charge in [0.15, 0.2) is 11.5 Å². The van der Waals surface area contributed by atoms with Crippen LogP contribution in [0.1, 0.15) is 29.8 Å². The number of carbonyl (C=O) groups excluding carboxylic acids is 1. The van der Waals surface area contributed by atoms with Crippen LogP contribution in [0.3, 0.4) is 0 Å². The number of hydrogen-bond acceptors (Lipinski definition) is 8. The van der Waals surface area contributed by atoms with Gasteiger partial charge < -0.3 is 24.2 Å². The molecule has 0 bridgehead atoms. The van der Waals surface area contributed by atoms with Gasteiger partial charge in [-0.15, -0.1) is 0 Å². The van der Waals surface area contributed by atoms with E-state index in [1.54, 1.807) is 51.4 Å². The van der Waals surface area contributed by atoms with E-state index in [1.165, 1.54) is 9.21 Å². The van der Waals surface area contributed by atoms with E-state index < -0.39 is 16.1 Å². The summed E-state index contributed by atoms with van der Waals surface area (Å²) < 4.78 is 46.7. The molecule has 0 fully saturated rings. The van der Waals surface area contributed by atoms with Crippen molar-refractivity contribution >= 4 is 15.9 Å². The molecule has 2 heterocycles. The van der Waals surface area contributed by atoms with Gasteiger partial charge in [0, 0.05) is 51.3 Å². The summed E-state index contributed by atoms with van der Waals surface area (Å²) in [4.78, 5) is 16.1. The summed E-state index contributed by atoms with van der Waals surface area (Å²) in [5.41, 5.74) is 3.21. The third-order valence-electron chi connectivity index (χ3n) is 7.92. The summed E-state index contributed by atoms with van der Waals surface area (Å²) in [6.07, 6.45) is -0.350. The van der Waals surface area contributed by atoms with Gasteiger partial charge in [-0.05, 0) is 67.1 Å². The van der Waals surface area contributed by atoms with Crippen LogP contribution in [0, 0.1) is 5.92 Å². The quantitative estimate of drug-likeness (QED) is 0.412. The Morgan fingerprint density at radius 3 is 2.37 bits per heavy atom. The van der Waals surface area contributed by atoms with Crippen molar-refractivity contribution in [3.63, 3.8) is 0 Å². The van der Waals surface area contributed by atoms with Crippen LogP contribution in [0.15, 0.2) is 65.6 Å². The Bertz CT molecular complexity index is 1580. The van der Waals surface area contributed by atoms with Gasteiger partial charge in [-0.3, -0.25) is 9.69 Å². The second kappa shape index (κ2) is 12.5. The maximum Gasteiger partial charge on any atom is 0.253 e. The first-order valence-corrected chi connectivity index (χ1v) is 15.7. The first kappa shape index (κ1) is 30.8. The third kappa shape index (κ3) is 6.50. The maximum absolute atomic E-state index is 13.9. The van der Waals surface area contributed by atoms with E-state index in [1.807, 2.05) is 44.3 Å². The number of benzene rings is 3. The van der Waals surface area contributed by atoms with Gasteiger partial charge in [0.1, 0.15) is 16.7 Å². The lowest BCUT2D eigenvalue weighted by molar-refractivity contribution is 0.0734. The van der Waals surface area contributed by atoms with Gasteiger partial charge in [-0.2, -0.15) is 4.31 Å². The molecule has 0 aromatic heterocycles. The van der Waals surface area contributed by atoms with E-state index >= 15 is 0 Å². The number of sulfonamides is 1. The predicted octanol–water partition coefficient (Wildman–Crippen LogP) is 3.68.